The quantitative estimate of drug-likeness (QED) is 0.524. The predicted octanol–water partition coefficient (Wildman–Crippen LogP) is 0.820. The highest BCUT2D eigenvalue weighted by Gasteiger charge is 2.19. The molecule has 2 rings (SSSR count). The van der Waals surface area contributed by atoms with Crippen LogP contribution in [-0.4, -0.2) is 18.2 Å². The molecule has 0 unspecified atom stereocenters. The molecular weight excluding hydrogens is 252 g/mol. The molecule has 108 valence electrons. The summed E-state index contributed by atoms with van der Waals surface area (Å²) in [5, 5.41) is 13.1. The smallest absolute Gasteiger partial charge is 0.124 e. The van der Waals surface area contributed by atoms with Gasteiger partial charge in [0, 0.05) is 11.3 Å². The standard InChI is InChI=1S/C15H22N4O/c16-13(11-3-1-2-4-14(11)20)9-12(15(17)18)10-5-7-19-8-6-10/h1-4,9-10,19-20H,5-8,16-18H2/b13-9-. The summed E-state index contributed by atoms with van der Waals surface area (Å²) < 4.78 is 0. The number of piperidine rings is 1. The van der Waals surface area contributed by atoms with Crippen molar-refractivity contribution < 1.29 is 5.11 Å². The van der Waals surface area contributed by atoms with Gasteiger partial charge < -0.3 is 27.6 Å². The van der Waals surface area contributed by atoms with Crippen LogP contribution in [0.4, 0.5) is 0 Å². The summed E-state index contributed by atoms with van der Waals surface area (Å²) in [7, 11) is 0. The van der Waals surface area contributed by atoms with E-state index >= 15 is 0 Å². The third kappa shape index (κ3) is 3.24. The Morgan fingerprint density at radius 1 is 1.15 bits per heavy atom. The van der Waals surface area contributed by atoms with Crippen LogP contribution in [0.2, 0.25) is 0 Å². The van der Waals surface area contributed by atoms with Crippen LogP contribution in [0, 0.1) is 5.92 Å². The van der Waals surface area contributed by atoms with Crippen molar-refractivity contribution in [3.05, 3.63) is 47.3 Å². The Balaban J connectivity index is 2.30. The zero-order chi connectivity index (χ0) is 14.5. The Morgan fingerprint density at radius 3 is 2.40 bits per heavy atom. The summed E-state index contributed by atoms with van der Waals surface area (Å²) in [6.07, 6.45) is 3.76. The molecule has 20 heavy (non-hydrogen) atoms. The van der Waals surface area contributed by atoms with Crippen molar-refractivity contribution in [3.63, 3.8) is 0 Å². The van der Waals surface area contributed by atoms with Gasteiger partial charge in [-0.15, -0.1) is 0 Å². The van der Waals surface area contributed by atoms with Crippen molar-refractivity contribution in [1.82, 2.24) is 5.32 Å². The van der Waals surface area contributed by atoms with Crippen molar-refractivity contribution in [2.45, 2.75) is 12.8 Å². The van der Waals surface area contributed by atoms with Gasteiger partial charge >= 0.3 is 0 Å². The Kier molecular flexibility index (Phi) is 4.53. The lowest BCUT2D eigenvalue weighted by atomic mass is 9.88. The lowest BCUT2D eigenvalue weighted by Gasteiger charge is -2.24. The fourth-order valence-electron chi connectivity index (χ4n) is 2.53. The minimum atomic E-state index is 0.154. The Labute approximate surface area is 119 Å². The maximum absolute atomic E-state index is 9.83. The average molecular weight is 274 g/mol. The number of aromatic hydroxyl groups is 1. The number of para-hydroxylation sites is 1. The highest BCUT2D eigenvalue weighted by atomic mass is 16.3. The van der Waals surface area contributed by atoms with Gasteiger partial charge in [-0.25, -0.2) is 0 Å². The molecule has 5 heteroatoms. The predicted molar refractivity (Wildman–Crippen MR) is 81.3 cm³/mol. The van der Waals surface area contributed by atoms with E-state index < -0.39 is 0 Å². The van der Waals surface area contributed by atoms with Gasteiger partial charge in [0.1, 0.15) is 5.75 Å². The van der Waals surface area contributed by atoms with Gasteiger partial charge in [-0.3, -0.25) is 0 Å². The van der Waals surface area contributed by atoms with Crippen LogP contribution in [0.1, 0.15) is 18.4 Å². The topological polar surface area (TPSA) is 110 Å². The van der Waals surface area contributed by atoms with Crippen LogP contribution in [0.15, 0.2) is 41.7 Å². The number of nitrogens with two attached hydrogens (primary N) is 3. The van der Waals surface area contributed by atoms with E-state index in [2.05, 4.69) is 5.32 Å². The zero-order valence-electron chi connectivity index (χ0n) is 11.5. The van der Waals surface area contributed by atoms with E-state index in [-0.39, 0.29) is 5.75 Å². The van der Waals surface area contributed by atoms with Crippen molar-refractivity contribution in [2.24, 2.45) is 23.1 Å². The molecular formula is C15H22N4O. The monoisotopic (exact) mass is 274 g/mol. The van der Waals surface area contributed by atoms with Gasteiger partial charge in [0.2, 0.25) is 0 Å². The summed E-state index contributed by atoms with van der Waals surface area (Å²) in [5.41, 5.74) is 19.6. The maximum Gasteiger partial charge on any atom is 0.124 e. The van der Waals surface area contributed by atoms with Crippen LogP contribution >= 0.6 is 0 Å². The number of nitrogens with one attached hydrogen (secondary N) is 1. The second kappa shape index (κ2) is 6.34. The van der Waals surface area contributed by atoms with Crippen LogP contribution < -0.4 is 22.5 Å². The molecule has 1 heterocycles. The van der Waals surface area contributed by atoms with E-state index in [0.29, 0.717) is 23.0 Å². The first-order valence-corrected chi connectivity index (χ1v) is 6.81. The summed E-state index contributed by atoms with van der Waals surface area (Å²) in [6.45, 7) is 1.90. The largest absolute Gasteiger partial charge is 0.507 e. The zero-order valence-corrected chi connectivity index (χ0v) is 11.5. The Morgan fingerprint density at radius 2 is 1.80 bits per heavy atom. The number of allylic oxidation sites excluding steroid dienone is 2. The average Bonchev–Trinajstić information content (AvgIpc) is 2.45. The Hall–Kier alpha value is -2.14. The van der Waals surface area contributed by atoms with Gasteiger partial charge in [0.25, 0.3) is 0 Å². The SMILES string of the molecule is NC(N)=C(/C=C(\N)c1ccccc1O)C1CCNCC1. The number of hydrogen-bond donors (Lipinski definition) is 5. The van der Waals surface area contributed by atoms with Gasteiger partial charge in [-0.1, -0.05) is 12.1 Å². The van der Waals surface area contributed by atoms with E-state index in [1.165, 1.54) is 0 Å². The minimum absolute atomic E-state index is 0.154. The molecule has 1 aliphatic rings. The summed E-state index contributed by atoms with van der Waals surface area (Å²) in [5.74, 6) is 0.766. The lowest BCUT2D eigenvalue weighted by molar-refractivity contribution is 0.423. The van der Waals surface area contributed by atoms with Gasteiger partial charge in [0.05, 0.1) is 5.82 Å². The molecule has 5 nitrogen and oxygen atoms in total. The van der Waals surface area contributed by atoms with Crippen LogP contribution in [0.5, 0.6) is 5.75 Å². The number of phenolic OH excluding ortho intramolecular Hbond substituents is 1. The highest BCUT2D eigenvalue weighted by molar-refractivity contribution is 5.70. The van der Waals surface area contributed by atoms with Crippen molar-refractivity contribution >= 4 is 5.70 Å². The number of hydrogen-bond acceptors (Lipinski definition) is 5. The summed E-state index contributed by atoms with van der Waals surface area (Å²) in [6, 6.07) is 6.96. The van der Waals surface area contributed by atoms with Gasteiger partial charge in [-0.05, 0) is 55.6 Å². The van der Waals surface area contributed by atoms with E-state index in [4.69, 9.17) is 17.2 Å². The molecule has 0 atom stereocenters. The van der Waals surface area contributed by atoms with Gasteiger partial charge in [0.15, 0.2) is 0 Å². The first-order chi connectivity index (χ1) is 9.59. The summed E-state index contributed by atoms with van der Waals surface area (Å²) >= 11 is 0. The van der Waals surface area contributed by atoms with E-state index in [1.807, 2.05) is 6.07 Å². The first-order valence-electron chi connectivity index (χ1n) is 6.81. The number of phenols is 1. The molecule has 1 aromatic rings. The Bertz CT molecular complexity index is 526. The first kappa shape index (κ1) is 14.3. The third-order valence-electron chi connectivity index (χ3n) is 3.64. The molecule has 0 radical (unpaired) electrons. The molecule has 0 bridgehead atoms. The van der Waals surface area contributed by atoms with Crippen LogP contribution in [0.25, 0.3) is 5.70 Å². The normalized spacial score (nSPS) is 16.9. The molecule has 8 N–H and O–H groups in total. The molecule has 1 saturated heterocycles. The fraction of sp³-hybridized carbons (Fsp3) is 0.333. The molecule has 1 aliphatic heterocycles. The second-order valence-electron chi connectivity index (χ2n) is 5.05. The van der Waals surface area contributed by atoms with Crippen molar-refractivity contribution in [2.75, 3.05) is 13.1 Å². The summed E-state index contributed by atoms with van der Waals surface area (Å²) in [4.78, 5) is 0. The fourth-order valence-corrected chi connectivity index (χ4v) is 2.53. The molecule has 0 spiro atoms. The van der Waals surface area contributed by atoms with Crippen molar-refractivity contribution in [1.29, 1.82) is 0 Å². The van der Waals surface area contributed by atoms with E-state index in [1.54, 1.807) is 24.3 Å². The molecule has 1 fully saturated rings. The van der Waals surface area contributed by atoms with Crippen LogP contribution in [-0.2, 0) is 0 Å². The highest BCUT2D eigenvalue weighted by Crippen LogP contribution is 2.27. The van der Waals surface area contributed by atoms with Crippen LogP contribution in [0.3, 0.4) is 0 Å². The van der Waals surface area contributed by atoms with E-state index in [0.717, 1.165) is 31.5 Å². The molecule has 1 aromatic carbocycles. The minimum Gasteiger partial charge on any atom is -0.507 e. The number of benzene rings is 1. The molecule has 0 aromatic heterocycles. The number of rotatable bonds is 3. The maximum atomic E-state index is 9.83. The van der Waals surface area contributed by atoms with E-state index in [9.17, 15) is 5.11 Å². The molecule has 0 aliphatic carbocycles. The third-order valence-corrected chi connectivity index (χ3v) is 3.64. The molecule has 0 amide bonds. The molecule has 0 saturated carbocycles. The lowest BCUT2D eigenvalue weighted by Crippen LogP contribution is -2.30. The van der Waals surface area contributed by atoms with Crippen molar-refractivity contribution in [3.8, 4) is 5.75 Å². The second-order valence-corrected chi connectivity index (χ2v) is 5.05. The van der Waals surface area contributed by atoms with Gasteiger partial charge in [-0.2, -0.15) is 0 Å².